The summed E-state index contributed by atoms with van der Waals surface area (Å²) in [6.45, 7) is 4.53. The zero-order valence-electron chi connectivity index (χ0n) is 12.3. The normalized spacial score (nSPS) is 14.3. The van der Waals surface area contributed by atoms with Crippen LogP contribution in [0.4, 0.5) is 0 Å². The molecule has 0 amide bonds. The van der Waals surface area contributed by atoms with Crippen LogP contribution in [0.5, 0.6) is 11.5 Å². The largest absolute Gasteiger partial charge is 0.454 e. The van der Waals surface area contributed by atoms with Gasteiger partial charge in [-0.15, -0.1) is 0 Å². The van der Waals surface area contributed by atoms with Gasteiger partial charge in [0.2, 0.25) is 6.79 Å². The summed E-state index contributed by atoms with van der Waals surface area (Å²) in [7, 11) is 0. The van der Waals surface area contributed by atoms with Gasteiger partial charge in [-0.2, -0.15) is 0 Å². The second kappa shape index (κ2) is 6.63. The van der Waals surface area contributed by atoms with Crippen LogP contribution in [0.15, 0.2) is 36.9 Å². The number of nitrogens with zero attached hydrogens (tertiary/aromatic N) is 2. The molecule has 0 aliphatic carbocycles. The fraction of sp³-hybridized carbons (Fsp3) is 0.438. The number of hydrogen-bond acceptors (Lipinski definition) is 4. The minimum atomic E-state index is 0.313. The lowest BCUT2D eigenvalue weighted by atomic mass is 10.1. The summed E-state index contributed by atoms with van der Waals surface area (Å²) in [5.41, 5.74) is 1.23. The second-order valence-electron chi connectivity index (χ2n) is 5.30. The fourth-order valence-corrected chi connectivity index (χ4v) is 2.46. The number of rotatable bonds is 7. The summed E-state index contributed by atoms with van der Waals surface area (Å²) >= 11 is 0. The Morgan fingerprint density at radius 3 is 3.05 bits per heavy atom. The van der Waals surface area contributed by atoms with E-state index >= 15 is 0 Å². The van der Waals surface area contributed by atoms with Crippen molar-refractivity contribution < 1.29 is 9.47 Å². The van der Waals surface area contributed by atoms with E-state index < -0.39 is 0 Å². The Balaban J connectivity index is 1.40. The highest BCUT2D eigenvalue weighted by molar-refractivity contribution is 5.45. The molecule has 5 heteroatoms. The third-order valence-electron chi connectivity index (χ3n) is 3.75. The molecule has 1 aliphatic rings. The maximum absolute atomic E-state index is 5.41. The Hall–Kier alpha value is -2.01. The zero-order valence-corrected chi connectivity index (χ0v) is 12.3. The van der Waals surface area contributed by atoms with E-state index in [1.54, 1.807) is 0 Å². The number of ether oxygens (including phenoxy) is 2. The van der Waals surface area contributed by atoms with Gasteiger partial charge in [0, 0.05) is 25.0 Å². The van der Waals surface area contributed by atoms with Gasteiger partial charge in [0.05, 0.1) is 6.33 Å². The molecule has 1 unspecified atom stereocenters. The molecule has 2 aromatic rings. The molecule has 0 spiro atoms. The zero-order chi connectivity index (χ0) is 14.5. The highest BCUT2D eigenvalue weighted by Crippen LogP contribution is 2.34. The molecule has 1 atom stereocenters. The molecule has 3 rings (SSSR count). The van der Waals surface area contributed by atoms with Gasteiger partial charge in [-0.25, -0.2) is 4.98 Å². The van der Waals surface area contributed by atoms with Gasteiger partial charge in [0.25, 0.3) is 0 Å². The highest BCUT2D eigenvalue weighted by atomic mass is 16.7. The van der Waals surface area contributed by atoms with Crippen LogP contribution < -0.4 is 14.8 Å². The van der Waals surface area contributed by atoms with Crippen molar-refractivity contribution in [1.29, 1.82) is 0 Å². The Kier molecular flexibility index (Phi) is 4.40. The first kappa shape index (κ1) is 13.9. The Morgan fingerprint density at radius 2 is 2.19 bits per heavy atom. The van der Waals surface area contributed by atoms with Crippen LogP contribution in [0.25, 0.3) is 0 Å². The van der Waals surface area contributed by atoms with E-state index in [0.29, 0.717) is 12.8 Å². The van der Waals surface area contributed by atoms with Crippen LogP contribution in [0.3, 0.4) is 0 Å². The second-order valence-corrected chi connectivity index (χ2v) is 5.30. The number of imidazole rings is 1. The molecule has 0 saturated carbocycles. The number of aryl methyl sites for hydroxylation is 1. The van der Waals surface area contributed by atoms with Gasteiger partial charge < -0.3 is 19.4 Å². The van der Waals surface area contributed by atoms with Crippen LogP contribution in [-0.2, 0) is 6.54 Å². The van der Waals surface area contributed by atoms with Crippen LogP contribution >= 0.6 is 0 Å². The van der Waals surface area contributed by atoms with Gasteiger partial charge >= 0.3 is 0 Å². The van der Waals surface area contributed by atoms with Gasteiger partial charge in [-0.3, -0.25) is 0 Å². The van der Waals surface area contributed by atoms with Crippen molar-refractivity contribution in [2.75, 3.05) is 13.3 Å². The average molecular weight is 287 g/mol. The Morgan fingerprint density at radius 1 is 1.29 bits per heavy atom. The molecule has 0 saturated heterocycles. The van der Waals surface area contributed by atoms with Gasteiger partial charge in [0.1, 0.15) is 0 Å². The minimum absolute atomic E-state index is 0.313. The number of aromatic nitrogens is 2. The third kappa shape index (κ3) is 3.55. The van der Waals surface area contributed by atoms with Crippen molar-refractivity contribution in [1.82, 2.24) is 14.9 Å². The monoisotopic (exact) mass is 287 g/mol. The number of fused-ring (bicyclic) bond motifs is 1. The molecular formula is C16H21N3O2. The van der Waals surface area contributed by atoms with Crippen molar-refractivity contribution in [3.8, 4) is 11.5 Å². The van der Waals surface area contributed by atoms with Crippen molar-refractivity contribution in [2.45, 2.75) is 32.4 Å². The first-order valence-corrected chi connectivity index (χ1v) is 7.41. The predicted molar refractivity (Wildman–Crippen MR) is 80.4 cm³/mol. The summed E-state index contributed by atoms with van der Waals surface area (Å²) in [5.74, 6) is 1.69. The first-order chi connectivity index (χ1) is 10.3. The summed E-state index contributed by atoms with van der Waals surface area (Å²) in [4.78, 5) is 4.04. The van der Waals surface area contributed by atoms with Gasteiger partial charge in [0.15, 0.2) is 11.5 Å². The van der Waals surface area contributed by atoms with Gasteiger partial charge in [-0.1, -0.05) is 6.07 Å². The van der Waals surface area contributed by atoms with E-state index in [9.17, 15) is 0 Å². The van der Waals surface area contributed by atoms with E-state index in [1.807, 2.05) is 24.8 Å². The molecule has 1 aliphatic heterocycles. The third-order valence-corrected chi connectivity index (χ3v) is 3.75. The van der Waals surface area contributed by atoms with Crippen LogP contribution in [0, 0.1) is 0 Å². The number of benzene rings is 1. The Bertz CT molecular complexity index is 569. The molecule has 0 fully saturated rings. The molecular weight excluding hydrogens is 266 g/mol. The molecule has 0 bridgehead atoms. The number of unbranched alkanes of at least 4 members (excludes halogenated alkanes) is 1. The van der Waals surface area contributed by atoms with E-state index in [2.05, 4.69) is 33.9 Å². The molecule has 21 heavy (non-hydrogen) atoms. The molecule has 1 aromatic carbocycles. The molecule has 1 N–H and O–H groups in total. The average Bonchev–Trinajstić information content (AvgIpc) is 3.17. The van der Waals surface area contributed by atoms with Crippen molar-refractivity contribution >= 4 is 0 Å². The SMILES string of the molecule is CC(NCCCCn1ccnc1)c1ccc2c(c1)OCO2. The molecule has 5 nitrogen and oxygen atoms in total. The topological polar surface area (TPSA) is 48.3 Å². The quantitative estimate of drug-likeness (QED) is 0.796. The van der Waals surface area contributed by atoms with Crippen LogP contribution in [-0.4, -0.2) is 22.9 Å². The summed E-state index contributed by atoms with van der Waals surface area (Å²) in [6, 6.07) is 6.45. The van der Waals surface area contributed by atoms with Crippen LogP contribution in [0.1, 0.15) is 31.4 Å². The minimum Gasteiger partial charge on any atom is -0.454 e. The fourth-order valence-electron chi connectivity index (χ4n) is 2.46. The maximum Gasteiger partial charge on any atom is 0.231 e. The van der Waals surface area contributed by atoms with E-state index in [0.717, 1.165) is 37.4 Å². The number of nitrogens with one attached hydrogen (secondary N) is 1. The highest BCUT2D eigenvalue weighted by Gasteiger charge is 2.15. The standard InChI is InChI=1S/C16H21N3O2/c1-13(14-4-5-15-16(10-14)21-12-20-15)18-6-2-3-8-19-9-7-17-11-19/h4-5,7,9-11,13,18H,2-3,6,8,12H2,1H3. The molecule has 0 radical (unpaired) electrons. The van der Waals surface area contributed by atoms with Crippen molar-refractivity contribution in [2.24, 2.45) is 0 Å². The van der Waals surface area contributed by atoms with Crippen molar-refractivity contribution in [3.05, 3.63) is 42.5 Å². The van der Waals surface area contributed by atoms with E-state index in [1.165, 1.54) is 5.56 Å². The number of hydrogen-bond donors (Lipinski definition) is 1. The van der Waals surface area contributed by atoms with Crippen LogP contribution in [0.2, 0.25) is 0 Å². The lowest BCUT2D eigenvalue weighted by molar-refractivity contribution is 0.174. The summed E-state index contributed by atoms with van der Waals surface area (Å²) in [5, 5.41) is 3.55. The summed E-state index contributed by atoms with van der Waals surface area (Å²) in [6.07, 6.45) is 7.98. The molecule has 112 valence electrons. The van der Waals surface area contributed by atoms with E-state index in [-0.39, 0.29) is 0 Å². The summed E-state index contributed by atoms with van der Waals surface area (Å²) < 4.78 is 12.9. The van der Waals surface area contributed by atoms with Gasteiger partial charge in [-0.05, 0) is 44.0 Å². The lowest BCUT2D eigenvalue weighted by Crippen LogP contribution is -2.20. The lowest BCUT2D eigenvalue weighted by Gasteiger charge is -2.14. The smallest absolute Gasteiger partial charge is 0.231 e. The Labute approximate surface area is 124 Å². The maximum atomic E-state index is 5.41. The van der Waals surface area contributed by atoms with E-state index in [4.69, 9.17) is 9.47 Å². The first-order valence-electron chi connectivity index (χ1n) is 7.41. The molecule has 1 aromatic heterocycles. The van der Waals surface area contributed by atoms with Crippen molar-refractivity contribution in [3.63, 3.8) is 0 Å². The predicted octanol–water partition coefficient (Wildman–Crippen LogP) is 2.74. The molecule has 2 heterocycles.